The van der Waals surface area contributed by atoms with E-state index >= 15 is 0 Å². The highest BCUT2D eigenvalue weighted by Gasteiger charge is 2.11. The fourth-order valence-electron chi connectivity index (χ4n) is 1.97. The summed E-state index contributed by atoms with van der Waals surface area (Å²) in [5.74, 6) is -1.83. The van der Waals surface area contributed by atoms with Crippen LogP contribution in [0.15, 0.2) is 42.5 Å². The van der Waals surface area contributed by atoms with Crippen molar-refractivity contribution in [2.24, 2.45) is 0 Å². The third-order valence-electron chi connectivity index (χ3n) is 3.19. The van der Waals surface area contributed by atoms with Crippen molar-refractivity contribution in [2.75, 3.05) is 0 Å². The van der Waals surface area contributed by atoms with Crippen LogP contribution >= 0.6 is 0 Å². The Bertz CT molecular complexity index is 549. The summed E-state index contributed by atoms with van der Waals surface area (Å²) >= 11 is 0. The molecule has 0 saturated heterocycles. The van der Waals surface area contributed by atoms with E-state index in [9.17, 15) is 13.9 Å². The van der Waals surface area contributed by atoms with Gasteiger partial charge < -0.3 is 5.11 Å². The van der Waals surface area contributed by atoms with Gasteiger partial charge in [-0.3, -0.25) is 0 Å². The molecule has 0 aliphatic carbocycles. The number of rotatable bonds is 4. The van der Waals surface area contributed by atoms with Crippen molar-refractivity contribution < 1.29 is 13.9 Å². The molecule has 0 heterocycles. The summed E-state index contributed by atoms with van der Waals surface area (Å²) in [6, 6.07) is 11.4. The number of hydrogen-bond acceptors (Lipinski definition) is 1. The third-order valence-corrected chi connectivity index (χ3v) is 3.19. The van der Waals surface area contributed by atoms with Crippen LogP contribution in [0.5, 0.6) is 0 Å². The van der Waals surface area contributed by atoms with Gasteiger partial charge in [0.2, 0.25) is 0 Å². The Hall–Kier alpha value is -1.74. The molecule has 0 aliphatic rings. The first-order valence-electron chi connectivity index (χ1n) is 6.31. The first-order valence-corrected chi connectivity index (χ1v) is 6.31. The normalized spacial score (nSPS) is 12.4. The molecule has 100 valence electrons. The molecule has 0 fully saturated rings. The van der Waals surface area contributed by atoms with E-state index in [0.29, 0.717) is 12.0 Å². The summed E-state index contributed by atoms with van der Waals surface area (Å²) in [7, 11) is 0. The molecule has 1 nitrogen and oxygen atoms in total. The smallest absolute Gasteiger partial charge is 0.159 e. The highest BCUT2D eigenvalue weighted by Crippen LogP contribution is 2.20. The molecule has 1 atom stereocenters. The van der Waals surface area contributed by atoms with Crippen LogP contribution in [0.4, 0.5) is 8.78 Å². The molecule has 0 aromatic heterocycles. The molecule has 0 radical (unpaired) electrons. The summed E-state index contributed by atoms with van der Waals surface area (Å²) in [5.41, 5.74) is 2.58. The number of halogens is 2. The second-order valence-electron chi connectivity index (χ2n) is 4.56. The van der Waals surface area contributed by atoms with Gasteiger partial charge in [0.15, 0.2) is 11.6 Å². The third kappa shape index (κ3) is 3.38. The number of aliphatic hydroxyl groups is 1. The molecule has 0 aliphatic heterocycles. The van der Waals surface area contributed by atoms with Crippen molar-refractivity contribution in [3.8, 4) is 0 Å². The average Bonchev–Trinajstić information content (AvgIpc) is 2.42. The lowest BCUT2D eigenvalue weighted by molar-refractivity contribution is 0.178. The van der Waals surface area contributed by atoms with Crippen LogP contribution in [-0.2, 0) is 12.8 Å². The molecule has 2 rings (SSSR count). The van der Waals surface area contributed by atoms with Crippen molar-refractivity contribution in [3.63, 3.8) is 0 Å². The van der Waals surface area contributed by atoms with Crippen LogP contribution in [0, 0.1) is 11.6 Å². The Morgan fingerprint density at radius 1 is 0.947 bits per heavy atom. The Morgan fingerprint density at radius 2 is 1.58 bits per heavy atom. The second kappa shape index (κ2) is 5.93. The van der Waals surface area contributed by atoms with Gasteiger partial charge >= 0.3 is 0 Å². The quantitative estimate of drug-likeness (QED) is 0.888. The summed E-state index contributed by atoms with van der Waals surface area (Å²) in [4.78, 5) is 0. The molecule has 0 bridgehead atoms. The fourth-order valence-corrected chi connectivity index (χ4v) is 1.97. The largest absolute Gasteiger partial charge is 0.388 e. The van der Waals surface area contributed by atoms with Crippen molar-refractivity contribution in [1.29, 1.82) is 0 Å². The van der Waals surface area contributed by atoms with Gasteiger partial charge in [-0.15, -0.1) is 0 Å². The molecule has 3 heteroatoms. The van der Waals surface area contributed by atoms with Crippen LogP contribution in [0.2, 0.25) is 0 Å². The zero-order valence-corrected chi connectivity index (χ0v) is 10.7. The molecule has 1 unspecified atom stereocenters. The van der Waals surface area contributed by atoms with Crippen LogP contribution < -0.4 is 0 Å². The molecular weight excluding hydrogens is 246 g/mol. The number of aryl methyl sites for hydroxylation is 1. The van der Waals surface area contributed by atoms with Crippen LogP contribution in [0.3, 0.4) is 0 Å². The van der Waals surface area contributed by atoms with Crippen LogP contribution in [0.1, 0.15) is 29.7 Å². The van der Waals surface area contributed by atoms with Crippen molar-refractivity contribution in [2.45, 2.75) is 25.9 Å². The number of benzene rings is 2. The highest BCUT2D eigenvalue weighted by atomic mass is 19.2. The Morgan fingerprint density at radius 3 is 2.16 bits per heavy atom. The summed E-state index contributed by atoms with van der Waals surface area (Å²) in [6.07, 6.45) is 0.517. The molecule has 1 N–H and O–H groups in total. The van der Waals surface area contributed by atoms with E-state index in [1.54, 1.807) is 0 Å². The van der Waals surface area contributed by atoms with Gasteiger partial charge in [0.1, 0.15) is 0 Å². The lowest BCUT2D eigenvalue weighted by atomic mass is 10.00. The van der Waals surface area contributed by atoms with Gasteiger partial charge in [-0.05, 0) is 35.2 Å². The maximum atomic E-state index is 13.1. The summed E-state index contributed by atoms with van der Waals surface area (Å²) in [6.45, 7) is 2.07. The van der Waals surface area contributed by atoms with Crippen LogP contribution in [-0.4, -0.2) is 5.11 Å². The van der Waals surface area contributed by atoms with Crippen molar-refractivity contribution in [1.82, 2.24) is 0 Å². The Balaban J connectivity index is 2.10. The van der Waals surface area contributed by atoms with E-state index in [4.69, 9.17) is 0 Å². The maximum Gasteiger partial charge on any atom is 0.159 e. The van der Waals surface area contributed by atoms with E-state index in [1.807, 2.05) is 24.3 Å². The van der Waals surface area contributed by atoms with Gasteiger partial charge in [0.05, 0.1) is 6.10 Å². The van der Waals surface area contributed by atoms with E-state index in [1.165, 1.54) is 11.6 Å². The first kappa shape index (κ1) is 13.7. The highest BCUT2D eigenvalue weighted by molar-refractivity contribution is 5.26. The van der Waals surface area contributed by atoms with Crippen molar-refractivity contribution >= 4 is 0 Å². The second-order valence-corrected chi connectivity index (χ2v) is 4.56. The van der Waals surface area contributed by atoms with E-state index < -0.39 is 17.7 Å². The fraction of sp³-hybridized carbons (Fsp3) is 0.250. The van der Waals surface area contributed by atoms with Crippen molar-refractivity contribution in [3.05, 3.63) is 70.8 Å². The molecule has 2 aromatic rings. The minimum absolute atomic E-state index is 0.384. The first-order chi connectivity index (χ1) is 9.10. The molecular formula is C16H16F2O. The Kier molecular flexibility index (Phi) is 4.27. The molecule has 0 spiro atoms. The van der Waals surface area contributed by atoms with Gasteiger partial charge in [0, 0.05) is 6.42 Å². The van der Waals surface area contributed by atoms with Crippen LogP contribution in [0.25, 0.3) is 0 Å². The van der Waals surface area contributed by atoms with Gasteiger partial charge in [-0.25, -0.2) is 8.78 Å². The monoisotopic (exact) mass is 262 g/mol. The number of aliphatic hydroxyl groups excluding tert-OH is 1. The average molecular weight is 262 g/mol. The molecule has 19 heavy (non-hydrogen) atoms. The lowest BCUT2D eigenvalue weighted by Crippen LogP contribution is -2.03. The summed E-state index contributed by atoms with van der Waals surface area (Å²) in [5, 5.41) is 10.0. The zero-order chi connectivity index (χ0) is 13.8. The van der Waals surface area contributed by atoms with E-state index in [-0.39, 0.29) is 0 Å². The minimum Gasteiger partial charge on any atom is -0.388 e. The predicted molar refractivity (Wildman–Crippen MR) is 70.8 cm³/mol. The topological polar surface area (TPSA) is 20.2 Å². The SMILES string of the molecule is CCc1ccc(CC(O)c2ccc(F)c(F)c2)cc1. The maximum absolute atomic E-state index is 13.1. The Labute approximate surface area is 111 Å². The molecule has 2 aromatic carbocycles. The standard InChI is InChI=1S/C16H16F2O/c1-2-11-3-5-12(6-4-11)9-16(19)13-7-8-14(17)15(18)10-13/h3-8,10,16,19H,2,9H2,1H3. The predicted octanol–water partition coefficient (Wildman–Crippen LogP) is 3.80. The van der Waals surface area contributed by atoms with Gasteiger partial charge in [-0.2, -0.15) is 0 Å². The zero-order valence-electron chi connectivity index (χ0n) is 10.7. The summed E-state index contributed by atoms with van der Waals surface area (Å²) < 4.78 is 25.9. The molecule has 0 amide bonds. The van der Waals surface area contributed by atoms with E-state index in [2.05, 4.69) is 6.92 Å². The van der Waals surface area contributed by atoms with Gasteiger partial charge in [0.25, 0.3) is 0 Å². The molecule has 0 saturated carbocycles. The lowest BCUT2D eigenvalue weighted by Gasteiger charge is -2.11. The van der Waals surface area contributed by atoms with E-state index in [0.717, 1.165) is 24.1 Å². The minimum atomic E-state index is -0.933. The number of hydrogen-bond donors (Lipinski definition) is 1. The van der Waals surface area contributed by atoms with Gasteiger partial charge in [-0.1, -0.05) is 37.3 Å².